The quantitative estimate of drug-likeness (QED) is 0.0222. The van der Waals surface area contributed by atoms with E-state index in [1.807, 2.05) is 0 Å². The van der Waals surface area contributed by atoms with Crippen molar-refractivity contribution in [2.45, 2.75) is 427 Å². The van der Waals surface area contributed by atoms with Gasteiger partial charge in [0.25, 0.3) is 0 Å². The molecule has 0 bridgehead atoms. The van der Waals surface area contributed by atoms with Crippen LogP contribution in [-0.4, -0.2) is 96.7 Å². The number of rotatable bonds is 77. The van der Waals surface area contributed by atoms with Gasteiger partial charge in [-0.1, -0.05) is 357 Å². The number of phosphoric ester groups is 2. The van der Waals surface area contributed by atoms with Crippen LogP contribution in [0, 0.1) is 23.7 Å². The molecule has 0 saturated heterocycles. The molecule has 0 amide bonds. The second-order valence-corrected chi connectivity index (χ2v) is 33.6. The summed E-state index contributed by atoms with van der Waals surface area (Å²) in [6.07, 6.45) is 55.5. The van der Waals surface area contributed by atoms with Gasteiger partial charge >= 0.3 is 39.5 Å². The molecule has 0 spiro atoms. The van der Waals surface area contributed by atoms with Crippen molar-refractivity contribution in [1.82, 2.24) is 0 Å². The van der Waals surface area contributed by atoms with Gasteiger partial charge in [0.1, 0.15) is 19.3 Å². The number of hydrogen-bond acceptors (Lipinski definition) is 15. The van der Waals surface area contributed by atoms with Crippen LogP contribution in [0.15, 0.2) is 0 Å². The first kappa shape index (κ1) is 97.1. The Morgan fingerprint density at radius 2 is 0.424 bits per heavy atom. The number of carbonyl (C=O) groups is 4. The van der Waals surface area contributed by atoms with Crippen molar-refractivity contribution in [3.63, 3.8) is 0 Å². The Labute approximate surface area is 607 Å². The number of ether oxygens (including phenoxy) is 4. The van der Waals surface area contributed by atoms with Crippen molar-refractivity contribution in [2.75, 3.05) is 39.6 Å². The van der Waals surface area contributed by atoms with Crippen molar-refractivity contribution >= 4 is 39.5 Å². The molecular formula is C80H156O17P2. The van der Waals surface area contributed by atoms with E-state index in [1.165, 1.54) is 212 Å². The van der Waals surface area contributed by atoms with Crippen LogP contribution in [0.4, 0.5) is 0 Å². The minimum Gasteiger partial charge on any atom is -0.462 e. The molecule has 19 heteroatoms. The van der Waals surface area contributed by atoms with Gasteiger partial charge in [0.2, 0.25) is 0 Å². The molecule has 17 nitrogen and oxygen atoms in total. The average Bonchev–Trinajstić information content (AvgIpc) is 1.19. The fraction of sp³-hybridized carbons (Fsp3) is 0.950. The molecule has 0 saturated carbocycles. The normalized spacial score (nSPS) is 14.1. The molecule has 0 aliphatic rings. The molecule has 5 atom stereocenters. The molecule has 0 fully saturated rings. The lowest BCUT2D eigenvalue weighted by atomic mass is 10.0. The lowest BCUT2D eigenvalue weighted by Gasteiger charge is -2.21. The Morgan fingerprint density at radius 3 is 0.626 bits per heavy atom. The van der Waals surface area contributed by atoms with E-state index in [1.54, 1.807) is 0 Å². The molecule has 99 heavy (non-hydrogen) atoms. The number of unbranched alkanes of at least 4 members (excludes halogenated alkanes) is 43. The summed E-state index contributed by atoms with van der Waals surface area (Å²) >= 11 is 0. The highest BCUT2D eigenvalue weighted by molar-refractivity contribution is 7.47. The molecule has 0 aromatic carbocycles. The zero-order valence-electron chi connectivity index (χ0n) is 65.1. The first-order valence-electron chi connectivity index (χ1n) is 41.2. The highest BCUT2D eigenvalue weighted by Gasteiger charge is 2.30. The SMILES string of the molecule is CC(C)CCCCCCCCCCCCCCCCCC(=O)O[C@H](COC(=O)CCCCCCCCCCCCCCCCC(C)C)COP(=O)(O)OC[C@@H](O)COP(=O)(O)OC[C@@H](COC(=O)CCCCCCCCCCCC(C)C)OC(=O)CCCCCCCCCCCC(C)C. The van der Waals surface area contributed by atoms with Crippen LogP contribution in [0.2, 0.25) is 0 Å². The van der Waals surface area contributed by atoms with Gasteiger partial charge in [0, 0.05) is 25.7 Å². The maximum Gasteiger partial charge on any atom is 0.472 e. The van der Waals surface area contributed by atoms with Crippen LogP contribution >= 0.6 is 15.6 Å². The summed E-state index contributed by atoms with van der Waals surface area (Å²) in [7, 11) is -9.92. The Hall–Kier alpha value is -1.94. The minimum atomic E-state index is -4.96. The van der Waals surface area contributed by atoms with E-state index in [0.29, 0.717) is 25.7 Å². The number of phosphoric acid groups is 2. The number of carbonyl (C=O) groups excluding carboxylic acids is 4. The molecule has 2 unspecified atom stereocenters. The first-order valence-corrected chi connectivity index (χ1v) is 44.2. The Morgan fingerprint density at radius 1 is 0.253 bits per heavy atom. The van der Waals surface area contributed by atoms with Gasteiger partial charge in [0.15, 0.2) is 12.2 Å². The molecule has 0 aliphatic heterocycles. The zero-order chi connectivity index (χ0) is 73.1. The van der Waals surface area contributed by atoms with Crippen LogP contribution in [0.25, 0.3) is 0 Å². The lowest BCUT2D eigenvalue weighted by Crippen LogP contribution is -2.30. The van der Waals surface area contributed by atoms with Crippen molar-refractivity contribution < 1.29 is 80.2 Å². The second kappa shape index (κ2) is 69.1. The van der Waals surface area contributed by atoms with Crippen molar-refractivity contribution in [3.05, 3.63) is 0 Å². The summed E-state index contributed by atoms with van der Waals surface area (Å²) in [4.78, 5) is 73.0. The van der Waals surface area contributed by atoms with Crippen molar-refractivity contribution in [1.29, 1.82) is 0 Å². The summed E-state index contributed by atoms with van der Waals surface area (Å²) in [5.41, 5.74) is 0. The molecule has 0 radical (unpaired) electrons. The predicted octanol–water partition coefficient (Wildman–Crippen LogP) is 23.6. The van der Waals surface area contributed by atoms with Crippen LogP contribution in [0.5, 0.6) is 0 Å². The summed E-state index contributed by atoms with van der Waals surface area (Å²) in [6, 6.07) is 0. The molecule has 0 rings (SSSR count). The highest BCUT2D eigenvalue weighted by Crippen LogP contribution is 2.45. The van der Waals surface area contributed by atoms with Crippen LogP contribution < -0.4 is 0 Å². The minimum absolute atomic E-state index is 0.105. The molecular weight excluding hydrogens is 1290 g/mol. The fourth-order valence-electron chi connectivity index (χ4n) is 12.3. The molecule has 3 N–H and O–H groups in total. The Balaban J connectivity index is 5.26. The standard InChI is InChI=1S/C80H156O17P2/c1-70(2)56-48-40-32-24-18-14-10-9-11-17-21-29-38-46-54-62-79(84)96-75(66-90-77(82)60-52-44-36-28-20-16-13-12-15-19-25-33-41-49-57-71(3)4)68-94-98(86,87)92-64-74(81)65-93-99(88,89)95-69-76(97-80(85)63-55-47-39-31-23-27-35-43-51-59-73(7)8)67-91-78(83)61-53-45-37-30-22-26-34-42-50-58-72(5)6/h70-76,81H,9-69H2,1-8H3,(H,86,87)(H,88,89)/t74-,75-,76-/m1/s1. The van der Waals surface area contributed by atoms with Gasteiger partial charge in [0.05, 0.1) is 26.4 Å². The topological polar surface area (TPSA) is 237 Å². The summed E-state index contributed by atoms with van der Waals surface area (Å²) in [6.45, 7) is 14.2. The van der Waals surface area contributed by atoms with Gasteiger partial charge in [-0.3, -0.25) is 37.3 Å². The maximum absolute atomic E-state index is 13.1. The third-order valence-electron chi connectivity index (χ3n) is 18.6. The van der Waals surface area contributed by atoms with E-state index in [2.05, 4.69) is 55.4 Å². The van der Waals surface area contributed by atoms with E-state index >= 15 is 0 Å². The van der Waals surface area contributed by atoms with E-state index in [0.717, 1.165) is 114 Å². The van der Waals surface area contributed by atoms with E-state index < -0.39 is 97.5 Å². The zero-order valence-corrected chi connectivity index (χ0v) is 66.9. The Bertz CT molecular complexity index is 1940. The van der Waals surface area contributed by atoms with Gasteiger partial charge in [-0.2, -0.15) is 0 Å². The number of hydrogen-bond donors (Lipinski definition) is 3. The molecule has 0 heterocycles. The number of esters is 4. The van der Waals surface area contributed by atoms with Gasteiger partial charge < -0.3 is 33.8 Å². The summed E-state index contributed by atoms with van der Waals surface area (Å²) in [5.74, 6) is 0.967. The van der Waals surface area contributed by atoms with Crippen LogP contribution in [0.3, 0.4) is 0 Å². The van der Waals surface area contributed by atoms with Crippen molar-refractivity contribution in [3.8, 4) is 0 Å². The molecule has 0 aromatic rings. The van der Waals surface area contributed by atoms with Crippen LogP contribution in [-0.2, 0) is 65.4 Å². The fourth-order valence-corrected chi connectivity index (χ4v) is 13.8. The van der Waals surface area contributed by atoms with E-state index in [9.17, 15) is 43.2 Å². The number of aliphatic hydroxyl groups is 1. The average molecular weight is 1450 g/mol. The largest absolute Gasteiger partial charge is 0.472 e. The maximum atomic E-state index is 13.1. The van der Waals surface area contributed by atoms with Crippen molar-refractivity contribution in [2.24, 2.45) is 23.7 Å². The van der Waals surface area contributed by atoms with Gasteiger partial charge in [-0.15, -0.1) is 0 Å². The molecule has 588 valence electrons. The lowest BCUT2D eigenvalue weighted by molar-refractivity contribution is -0.161. The van der Waals surface area contributed by atoms with E-state index in [-0.39, 0.29) is 25.7 Å². The predicted molar refractivity (Wildman–Crippen MR) is 404 cm³/mol. The summed E-state index contributed by atoms with van der Waals surface area (Å²) in [5, 5.41) is 10.6. The second-order valence-electron chi connectivity index (χ2n) is 30.7. The highest BCUT2D eigenvalue weighted by atomic mass is 31.2. The third-order valence-corrected chi connectivity index (χ3v) is 20.5. The van der Waals surface area contributed by atoms with Gasteiger partial charge in [-0.25, -0.2) is 9.13 Å². The smallest absolute Gasteiger partial charge is 0.462 e. The first-order chi connectivity index (χ1) is 47.6. The number of aliphatic hydroxyl groups excluding tert-OH is 1. The molecule has 0 aromatic heterocycles. The Kier molecular flexibility index (Phi) is 67.8. The molecule has 0 aliphatic carbocycles. The third kappa shape index (κ3) is 74.1. The summed E-state index contributed by atoms with van der Waals surface area (Å²) < 4.78 is 68.7. The monoisotopic (exact) mass is 1450 g/mol. The van der Waals surface area contributed by atoms with Gasteiger partial charge in [-0.05, 0) is 49.4 Å². The van der Waals surface area contributed by atoms with Crippen LogP contribution in [0.1, 0.15) is 409 Å². The van der Waals surface area contributed by atoms with E-state index in [4.69, 9.17) is 37.0 Å².